The summed E-state index contributed by atoms with van der Waals surface area (Å²) in [6, 6.07) is 79.7. The molecule has 0 unspecified atom stereocenters. The predicted molar refractivity (Wildman–Crippen MR) is 273 cm³/mol. The second-order valence-electron chi connectivity index (χ2n) is 17.1. The van der Waals surface area contributed by atoms with Gasteiger partial charge in [-0.1, -0.05) is 194 Å². The van der Waals surface area contributed by atoms with E-state index in [9.17, 15) is 5.26 Å². The summed E-state index contributed by atoms with van der Waals surface area (Å²) in [5, 5.41) is 24.6. The molecule has 4 nitrogen and oxygen atoms in total. The molecular weight excluding hydrogens is 801 g/mol. The van der Waals surface area contributed by atoms with Crippen LogP contribution in [0, 0.1) is 11.3 Å². The monoisotopic (exact) mass is 836 g/mol. The van der Waals surface area contributed by atoms with Gasteiger partial charge in [0.15, 0.2) is 17.5 Å². The van der Waals surface area contributed by atoms with Gasteiger partial charge in [-0.2, -0.15) is 5.26 Å². The van der Waals surface area contributed by atoms with Crippen molar-refractivity contribution >= 4 is 64.6 Å². The molecule has 13 aromatic rings. The summed E-state index contributed by atoms with van der Waals surface area (Å²) in [6.45, 7) is 0. The van der Waals surface area contributed by atoms with Gasteiger partial charge in [0.1, 0.15) is 0 Å². The molecule has 13 rings (SSSR count). The van der Waals surface area contributed by atoms with Crippen LogP contribution in [0.25, 0.3) is 132 Å². The summed E-state index contributed by atoms with van der Waals surface area (Å²) in [7, 11) is 0. The van der Waals surface area contributed by atoms with Gasteiger partial charge in [-0.15, -0.1) is 0 Å². The van der Waals surface area contributed by atoms with Gasteiger partial charge in [-0.25, -0.2) is 15.0 Å². The Labute approximate surface area is 380 Å². The number of nitrogens with zero attached hydrogens (tertiary/aromatic N) is 4. The second kappa shape index (κ2) is 15.1. The summed E-state index contributed by atoms with van der Waals surface area (Å²) in [5.74, 6) is 1.83. The summed E-state index contributed by atoms with van der Waals surface area (Å²) < 4.78 is 0. The van der Waals surface area contributed by atoms with Gasteiger partial charge < -0.3 is 0 Å². The molecule has 0 saturated carbocycles. The SMILES string of the molecule is N#Cc1ccc(-c2ccc(-c3nc(-c4ccccc4)nc(-c4ccc(-c5ccc(-c6cc7ccc8cccc9c%10cccc%11ccc%12cccc(c(c6)c7c89)c%12c%11%10)cc5)cc4)n3)cc2)cc1. The van der Waals surface area contributed by atoms with Crippen molar-refractivity contribution in [2.45, 2.75) is 0 Å². The number of aromatic nitrogens is 3. The van der Waals surface area contributed by atoms with E-state index in [1.807, 2.05) is 66.7 Å². The smallest absolute Gasteiger partial charge is 0.164 e. The van der Waals surface area contributed by atoms with Crippen LogP contribution in [0.1, 0.15) is 5.56 Å². The summed E-state index contributed by atoms with van der Waals surface area (Å²) in [5.41, 5.74) is 10.1. The third-order valence-electron chi connectivity index (χ3n) is 13.3. The molecule has 0 spiro atoms. The van der Waals surface area contributed by atoms with Gasteiger partial charge in [0.05, 0.1) is 11.6 Å². The zero-order valence-corrected chi connectivity index (χ0v) is 35.6. The van der Waals surface area contributed by atoms with Crippen molar-refractivity contribution in [1.82, 2.24) is 15.0 Å². The minimum Gasteiger partial charge on any atom is -0.208 e. The standard InChI is InChI=1S/C62H36N4/c63-37-38-15-17-39(18-16-38)41-23-30-48(31-24-41)61-64-60(47-7-2-1-3-8-47)65-62(66-61)49-32-25-42(26-33-49)40-19-21-43(22-20-40)51-35-50-34-29-46-10-5-13-53-52-12-4-9-44-27-28-45-11-6-14-54(58(45)56(44)52)55(36-51)59(50)57(46)53/h1-36H. The van der Waals surface area contributed by atoms with Crippen LogP contribution in [-0.2, 0) is 0 Å². The quantitative estimate of drug-likeness (QED) is 0.157. The average Bonchev–Trinajstić information content (AvgIpc) is 3.39. The Hall–Kier alpha value is -9.04. The van der Waals surface area contributed by atoms with Crippen molar-refractivity contribution in [2.75, 3.05) is 0 Å². The molecule has 0 atom stereocenters. The number of fused-ring (bicyclic) bond motifs is 2. The van der Waals surface area contributed by atoms with Crippen LogP contribution >= 0.6 is 0 Å². The number of benzene rings is 11. The molecule has 0 aliphatic rings. The first-order valence-corrected chi connectivity index (χ1v) is 22.2. The zero-order valence-electron chi connectivity index (χ0n) is 35.6. The van der Waals surface area contributed by atoms with E-state index in [1.54, 1.807) is 0 Å². The lowest BCUT2D eigenvalue weighted by Gasteiger charge is -2.17. The molecule has 0 aliphatic heterocycles. The van der Waals surface area contributed by atoms with Gasteiger partial charge in [-0.3, -0.25) is 0 Å². The summed E-state index contributed by atoms with van der Waals surface area (Å²) in [6.07, 6.45) is 0. The Morgan fingerprint density at radius 2 is 0.606 bits per heavy atom. The molecule has 0 radical (unpaired) electrons. The Morgan fingerprint density at radius 1 is 0.258 bits per heavy atom. The van der Waals surface area contributed by atoms with E-state index in [2.05, 4.69) is 158 Å². The topological polar surface area (TPSA) is 62.5 Å². The van der Waals surface area contributed by atoms with Crippen molar-refractivity contribution in [3.63, 3.8) is 0 Å². The molecule has 0 saturated heterocycles. The van der Waals surface area contributed by atoms with Crippen molar-refractivity contribution in [2.24, 2.45) is 0 Å². The molecule has 0 N–H and O–H groups in total. The highest BCUT2D eigenvalue weighted by molar-refractivity contribution is 6.37. The van der Waals surface area contributed by atoms with Crippen LogP contribution in [0.4, 0.5) is 0 Å². The van der Waals surface area contributed by atoms with Gasteiger partial charge in [0, 0.05) is 16.7 Å². The molecule has 0 aliphatic carbocycles. The fourth-order valence-corrected chi connectivity index (χ4v) is 10.0. The van der Waals surface area contributed by atoms with Crippen LogP contribution in [0.15, 0.2) is 218 Å². The first kappa shape index (κ1) is 37.5. The molecule has 4 heteroatoms. The predicted octanol–water partition coefficient (Wildman–Crippen LogP) is 16.1. The zero-order chi connectivity index (χ0) is 43.7. The van der Waals surface area contributed by atoms with Crippen LogP contribution in [0.2, 0.25) is 0 Å². The third-order valence-corrected chi connectivity index (χ3v) is 13.3. The fraction of sp³-hybridized carbons (Fsp3) is 0. The van der Waals surface area contributed by atoms with E-state index in [1.165, 1.54) is 75.8 Å². The molecular formula is C62H36N4. The van der Waals surface area contributed by atoms with E-state index in [-0.39, 0.29) is 0 Å². The molecule has 0 fully saturated rings. The van der Waals surface area contributed by atoms with Crippen molar-refractivity contribution in [3.05, 3.63) is 224 Å². The first-order valence-electron chi connectivity index (χ1n) is 22.2. The van der Waals surface area contributed by atoms with E-state index in [4.69, 9.17) is 15.0 Å². The lowest BCUT2D eigenvalue weighted by molar-refractivity contribution is 1.07. The molecule has 0 bridgehead atoms. The van der Waals surface area contributed by atoms with Gasteiger partial charge in [0.25, 0.3) is 0 Å². The number of hydrogen-bond acceptors (Lipinski definition) is 4. The summed E-state index contributed by atoms with van der Waals surface area (Å²) in [4.78, 5) is 14.9. The number of nitriles is 1. The maximum Gasteiger partial charge on any atom is 0.164 e. The molecule has 0 amide bonds. The minimum atomic E-state index is 0.603. The Kier molecular flexibility index (Phi) is 8.56. The molecule has 12 aromatic carbocycles. The van der Waals surface area contributed by atoms with Crippen LogP contribution < -0.4 is 0 Å². The van der Waals surface area contributed by atoms with Crippen molar-refractivity contribution < 1.29 is 0 Å². The maximum atomic E-state index is 9.24. The molecule has 1 aromatic heterocycles. The van der Waals surface area contributed by atoms with Crippen LogP contribution in [-0.4, -0.2) is 15.0 Å². The van der Waals surface area contributed by atoms with Crippen molar-refractivity contribution in [3.8, 4) is 73.6 Å². The minimum absolute atomic E-state index is 0.603. The van der Waals surface area contributed by atoms with Gasteiger partial charge >= 0.3 is 0 Å². The lowest BCUT2D eigenvalue weighted by Crippen LogP contribution is -2.00. The molecule has 66 heavy (non-hydrogen) atoms. The highest BCUT2D eigenvalue weighted by atomic mass is 15.0. The number of rotatable bonds is 6. The Balaban J connectivity index is 0.871. The van der Waals surface area contributed by atoms with E-state index < -0.39 is 0 Å². The highest BCUT2D eigenvalue weighted by Crippen LogP contribution is 2.44. The van der Waals surface area contributed by atoms with Crippen LogP contribution in [0.5, 0.6) is 0 Å². The van der Waals surface area contributed by atoms with E-state index in [0.29, 0.717) is 23.0 Å². The largest absolute Gasteiger partial charge is 0.208 e. The second-order valence-corrected chi connectivity index (χ2v) is 17.1. The van der Waals surface area contributed by atoms with Gasteiger partial charge in [-0.05, 0) is 122 Å². The van der Waals surface area contributed by atoms with Crippen molar-refractivity contribution in [1.29, 1.82) is 5.26 Å². The Bertz CT molecular complexity index is 4050. The van der Waals surface area contributed by atoms with Gasteiger partial charge in [0.2, 0.25) is 0 Å². The normalized spacial score (nSPS) is 11.6. The van der Waals surface area contributed by atoms with Crippen LogP contribution in [0.3, 0.4) is 0 Å². The van der Waals surface area contributed by atoms with E-state index in [0.717, 1.165) is 38.9 Å². The van der Waals surface area contributed by atoms with E-state index >= 15 is 0 Å². The Morgan fingerprint density at radius 3 is 1.05 bits per heavy atom. The number of hydrogen-bond donors (Lipinski definition) is 0. The average molecular weight is 837 g/mol. The lowest BCUT2D eigenvalue weighted by atomic mass is 9.86. The maximum absolute atomic E-state index is 9.24. The first-order chi connectivity index (χ1) is 32.6. The fourth-order valence-electron chi connectivity index (χ4n) is 10.0. The summed E-state index contributed by atoms with van der Waals surface area (Å²) >= 11 is 0. The third kappa shape index (κ3) is 6.18. The highest BCUT2D eigenvalue weighted by Gasteiger charge is 2.17. The molecule has 304 valence electrons. The molecule has 1 heterocycles.